The van der Waals surface area contributed by atoms with E-state index < -0.39 is 0 Å². The highest BCUT2D eigenvalue weighted by Crippen LogP contribution is 2.44. The third-order valence-electron chi connectivity index (χ3n) is 12.9. The first-order valence-corrected chi connectivity index (χ1v) is 20.3. The summed E-state index contributed by atoms with van der Waals surface area (Å²) in [7, 11) is 0. The van der Waals surface area contributed by atoms with Gasteiger partial charge in [0.1, 0.15) is 0 Å². The minimum Gasteiger partial charge on any atom is -0.310 e. The van der Waals surface area contributed by atoms with Crippen molar-refractivity contribution in [1.29, 1.82) is 0 Å². The molecule has 2 aromatic heterocycles. The molecule has 0 amide bonds. The number of nitrogens with zero attached hydrogens (tertiary/aromatic N) is 2. The van der Waals surface area contributed by atoms with Crippen molar-refractivity contribution in [2.45, 2.75) is 105 Å². The Hall–Kier alpha value is -5.02. The van der Waals surface area contributed by atoms with E-state index >= 15 is 0 Å². The van der Waals surface area contributed by atoms with Gasteiger partial charge in [0.25, 0.3) is 6.71 Å². The number of aromatic nitrogens is 2. The summed E-state index contributed by atoms with van der Waals surface area (Å²) >= 11 is 0. The van der Waals surface area contributed by atoms with Crippen LogP contribution in [0.25, 0.3) is 66.1 Å². The van der Waals surface area contributed by atoms with E-state index in [1.54, 1.807) is 0 Å². The van der Waals surface area contributed by atoms with Crippen molar-refractivity contribution in [3.63, 3.8) is 0 Å². The van der Waals surface area contributed by atoms with Gasteiger partial charge in [-0.05, 0) is 120 Å². The normalized spacial score (nSPS) is 14.1. The van der Waals surface area contributed by atoms with E-state index in [9.17, 15) is 0 Å². The van der Waals surface area contributed by atoms with Crippen molar-refractivity contribution >= 4 is 66.7 Å². The van der Waals surface area contributed by atoms with Crippen LogP contribution in [0.4, 0.5) is 0 Å². The van der Waals surface area contributed by atoms with E-state index in [-0.39, 0.29) is 28.4 Å². The van der Waals surface area contributed by atoms with Gasteiger partial charge in [-0.3, -0.25) is 0 Å². The largest absolute Gasteiger partial charge is 0.310 e. The summed E-state index contributed by atoms with van der Waals surface area (Å²) in [4.78, 5) is 0. The molecule has 0 spiro atoms. The number of hydrogen-bond acceptors (Lipinski definition) is 0. The maximum absolute atomic E-state index is 2.64. The van der Waals surface area contributed by atoms with Crippen LogP contribution in [0.2, 0.25) is 0 Å². The molecule has 274 valence electrons. The minimum atomic E-state index is -0.0173. The summed E-state index contributed by atoms with van der Waals surface area (Å²) in [5.41, 5.74) is 20.2. The van der Waals surface area contributed by atoms with Gasteiger partial charge >= 0.3 is 0 Å². The van der Waals surface area contributed by atoms with Crippen LogP contribution >= 0.6 is 0 Å². The van der Waals surface area contributed by atoms with Gasteiger partial charge < -0.3 is 9.13 Å². The Morgan fingerprint density at radius 1 is 0.382 bits per heavy atom. The first kappa shape index (κ1) is 34.5. The van der Waals surface area contributed by atoms with E-state index in [0.29, 0.717) is 0 Å². The summed E-state index contributed by atoms with van der Waals surface area (Å²) in [6.45, 7) is 28.3. The maximum atomic E-state index is 2.64. The molecule has 0 radical (unpaired) electrons. The summed E-state index contributed by atoms with van der Waals surface area (Å²) in [5.74, 6) is 0. The molecule has 55 heavy (non-hydrogen) atoms. The summed E-state index contributed by atoms with van der Waals surface area (Å²) < 4.78 is 5.28. The van der Waals surface area contributed by atoms with Crippen LogP contribution in [-0.2, 0) is 21.7 Å². The average Bonchev–Trinajstić information content (AvgIpc) is 3.63. The van der Waals surface area contributed by atoms with Gasteiger partial charge in [-0.2, -0.15) is 0 Å². The fourth-order valence-electron chi connectivity index (χ4n) is 9.66. The molecule has 6 aromatic carbocycles. The van der Waals surface area contributed by atoms with Crippen molar-refractivity contribution in [3.05, 3.63) is 125 Å². The molecule has 3 heteroatoms. The van der Waals surface area contributed by atoms with Crippen LogP contribution in [-0.4, -0.2) is 15.8 Å². The zero-order valence-electron chi connectivity index (χ0n) is 34.8. The quantitative estimate of drug-likeness (QED) is 0.150. The molecule has 4 heterocycles. The molecule has 0 unspecified atom stereocenters. The van der Waals surface area contributed by atoms with Crippen molar-refractivity contribution < 1.29 is 0 Å². The van der Waals surface area contributed by atoms with Crippen molar-refractivity contribution in [3.8, 4) is 22.5 Å². The molecule has 2 aliphatic heterocycles. The molecule has 0 fully saturated rings. The lowest BCUT2D eigenvalue weighted by atomic mass is 9.34. The highest BCUT2D eigenvalue weighted by molar-refractivity contribution is 7.00. The summed E-state index contributed by atoms with van der Waals surface area (Å²) in [6.07, 6.45) is 0. The number of hydrogen-bond donors (Lipinski definition) is 0. The summed E-state index contributed by atoms with van der Waals surface area (Å²) in [5, 5.41) is 5.43. The topological polar surface area (TPSA) is 9.86 Å². The fraction of sp³-hybridized carbons (Fsp3) is 0.308. The van der Waals surface area contributed by atoms with E-state index in [1.807, 2.05) is 0 Å². The molecule has 8 aromatic rings. The Labute approximate surface area is 327 Å². The first-order chi connectivity index (χ1) is 25.8. The molecule has 2 nitrogen and oxygen atoms in total. The molecule has 0 aliphatic carbocycles. The third kappa shape index (κ3) is 4.87. The molecule has 2 aliphatic rings. The molecule has 0 atom stereocenters. The Morgan fingerprint density at radius 3 is 1.18 bits per heavy atom. The van der Waals surface area contributed by atoms with Gasteiger partial charge in [0, 0.05) is 44.0 Å². The Kier molecular flexibility index (Phi) is 6.80. The van der Waals surface area contributed by atoms with Crippen molar-refractivity contribution in [2.24, 2.45) is 0 Å². The standard InChI is InChI=1S/C52H53BN2/c1-49(2,3)32-18-20-42-36(24-32)38-26-34(51(7,8)9)28-40-47(38)54(42)44-22-31(30-16-14-13-15-17-30)23-45-46(44)53(40)41-29-35(52(10,11)12)27-39-37-25-33(50(4,5)6)19-21-43(37)55(45)48(39)41/h13-29H,1-12H3. The van der Waals surface area contributed by atoms with Crippen LogP contribution in [0.1, 0.15) is 105 Å². The zero-order chi connectivity index (χ0) is 38.7. The lowest BCUT2D eigenvalue weighted by Crippen LogP contribution is -2.59. The van der Waals surface area contributed by atoms with Gasteiger partial charge in [0.05, 0.1) is 11.0 Å². The van der Waals surface area contributed by atoms with Crippen molar-refractivity contribution in [2.75, 3.05) is 0 Å². The number of rotatable bonds is 1. The molecule has 0 saturated carbocycles. The van der Waals surface area contributed by atoms with Crippen LogP contribution < -0.4 is 16.4 Å². The van der Waals surface area contributed by atoms with Gasteiger partial charge in [-0.25, -0.2) is 0 Å². The van der Waals surface area contributed by atoms with E-state index in [4.69, 9.17) is 0 Å². The fourth-order valence-corrected chi connectivity index (χ4v) is 9.66. The smallest absolute Gasteiger partial charge is 0.252 e. The highest BCUT2D eigenvalue weighted by Gasteiger charge is 2.42. The highest BCUT2D eigenvalue weighted by atomic mass is 15.0. The van der Waals surface area contributed by atoms with Crippen LogP contribution in [0.3, 0.4) is 0 Å². The van der Waals surface area contributed by atoms with Gasteiger partial charge in [0.2, 0.25) is 0 Å². The average molecular weight is 717 g/mol. The van der Waals surface area contributed by atoms with E-state index in [0.717, 1.165) is 0 Å². The van der Waals surface area contributed by atoms with Crippen LogP contribution in [0.15, 0.2) is 103 Å². The Balaban J connectivity index is 1.45. The molecular formula is C52H53BN2. The second kappa shape index (κ2) is 10.8. The maximum Gasteiger partial charge on any atom is 0.252 e. The predicted octanol–water partition coefficient (Wildman–Crippen LogP) is 11.9. The summed E-state index contributed by atoms with van der Waals surface area (Å²) in [6, 6.07) is 40.7. The molecule has 0 saturated heterocycles. The van der Waals surface area contributed by atoms with Gasteiger partial charge in [-0.1, -0.05) is 138 Å². The lowest BCUT2D eigenvalue weighted by molar-refractivity contribution is 0.590. The Morgan fingerprint density at radius 2 is 0.782 bits per heavy atom. The lowest BCUT2D eigenvalue weighted by Gasteiger charge is -2.36. The second-order valence-electron chi connectivity index (χ2n) is 20.8. The third-order valence-corrected chi connectivity index (χ3v) is 12.9. The number of benzene rings is 6. The molecule has 10 rings (SSSR count). The molecule has 0 N–H and O–H groups in total. The Bertz CT molecular complexity index is 2760. The van der Waals surface area contributed by atoms with E-state index in [2.05, 4.69) is 195 Å². The molecule has 0 bridgehead atoms. The first-order valence-electron chi connectivity index (χ1n) is 20.3. The minimum absolute atomic E-state index is 0.0173. The van der Waals surface area contributed by atoms with Crippen molar-refractivity contribution in [1.82, 2.24) is 9.13 Å². The van der Waals surface area contributed by atoms with E-state index in [1.165, 1.54) is 105 Å². The van der Waals surface area contributed by atoms with Gasteiger partial charge in [-0.15, -0.1) is 0 Å². The van der Waals surface area contributed by atoms with Crippen LogP contribution in [0, 0.1) is 0 Å². The number of fused-ring (bicyclic) bond motifs is 10. The monoisotopic (exact) mass is 716 g/mol. The van der Waals surface area contributed by atoms with Gasteiger partial charge in [0.15, 0.2) is 0 Å². The predicted molar refractivity (Wildman–Crippen MR) is 240 cm³/mol. The SMILES string of the molecule is CC(C)(C)c1ccc2c(c1)c1cc(C(C)(C)C)cc3c1n2-c1cc(-c2ccccc2)cc2c1B3c1cc(C(C)(C)C)cc3c4cc(C(C)(C)C)ccc4n-2c13. The zero-order valence-corrected chi connectivity index (χ0v) is 34.8. The molecular weight excluding hydrogens is 663 g/mol. The van der Waals surface area contributed by atoms with Crippen LogP contribution in [0.5, 0.6) is 0 Å². The second-order valence-corrected chi connectivity index (χ2v) is 20.8.